The number of thioether (sulfide) groups is 1. The van der Waals surface area contributed by atoms with Gasteiger partial charge in [0.1, 0.15) is 5.75 Å². The SMILES string of the molecule is COc1ccc(-n2c(SCC(=O)N/N=C/c3ccc(C)cc3)nnc2-c2ccccc2)cc1. The number of methoxy groups -OCH3 is 1. The number of hydrogen-bond acceptors (Lipinski definition) is 6. The molecule has 3 aromatic carbocycles. The van der Waals surface area contributed by atoms with Crippen molar-refractivity contribution in [2.45, 2.75) is 12.1 Å². The Morgan fingerprint density at radius 3 is 2.45 bits per heavy atom. The van der Waals surface area contributed by atoms with Crippen LogP contribution in [0, 0.1) is 6.92 Å². The van der Waals surface area contributed by atoms with Crippen LogP contribution in [-0.2, 0) is 4.79 Å². The largest absolute Gasteiger partial charge is 0.497 e. The van der Waals surface area contributed by atoms with E-state index in [1.807, 2.05) is 90.4 Å². The maximum atomic E-state index is 12.3. The third-order valence-electron chi connectivity index (χ3n) is 4.81. The predicted molar refractivity (Wildman–Crippen MR) is 131 cm³/mol. The van der Waals surface area contributed by atoms with Gasteiger partial charge in [0, 0.05) is 11.3 Å². The van der Waals surface area contributed by atoms with Crippen molar-refractivity contribution in [2.24, 2.45) is 5.10 Å². The van der Waals surface area contributed by atoms with Crippen LogP contribution < -0.4 is 10.2 Å². The van der Waals surface area contributed by atoms with Gasteiger partial charge in [-0.15, -0.1) is 10.2 Å². The van der Waals surface area contributed by atoms with Crippen LogP contribution in [0.25, 0.3) is 17.1 Å². The number of benzene rings is 3. The average Bonchev–Trinajstić information content (AvgIpc) is 3.28. The van der Waals surface area contributed by atoms with Gasteiger partial charge in [-0.2, -0.15) is 5.10 Å². The van der Waals surface area contributed by atoms with Gasteiger partial charge in [0.2, 0.25) is 0 Å². The second kappa shape index (κ2) is 10.6. The van der Waals surface area contributed by atoms with Crippen molar-refractivity contribution in [1.29, 1.82) is 0 Å². The zero-order valence-corrected chi connectivity index (χ0v) is 19.1. The van der Waals surface area contributed by atoms with Gasteiger partial charge in [-0.1, -0.05) is 71.9 Å². The minimum Gasteiger partial charge on any atom is -0.497 e. The van der Waals surface area contributed by atoms with E-state index in [9.17, 15) is 4.79 Å². The summed E-state index contributed by atoms with van der Waals surface area (Å²) in [6.45, 7) is 2.02. The van der Waals surface area contributed by atoms with E-state index in [4.69, 9.17) is 4.74 Å². The van der Waals surface area contributed by atoms with Crippen molar-refractivity contribution in [3.8, 4) is 22.8 Å². The zero-order chi connectivity index (χ0) is 23.0. The Morgan fingerprint density at radius 2 is 1.76 bits per heavy atom. The molecule has 1 heterocycles. The van der Waals surface area contributed by atoms with Gasteiger partial charge in [-0.25, -0.2) is 5.43 Å². The Labute approximate surface area is 196 Å². The number of nitrogens with one attached hydrogen (secondary N) is 1. The molecule has 33 heavy (non-hydrogen) atoms. The highest BCUT2D eigenvalue weighted by Crippen LogP contribution is 2.28. The monoisotopic (exact) mass is 457 g/mol. The minimum absolute atomic E-state index is 0.147. The summed E-state index contributed by atoms with van der Waals surface area (Å²) in [5, 5.41) is 13.4. The van der Waals surface area contributed by atoms with E-state index in [2.05, 4.69) is 20.7 Å². The highest BCUT2D eigenvalue weighted by Gasteiger charge is 2.17. The van der Waals surface area contributed by atoms with E-state index >= 15 is 0 Å². The summed E-state index contributed by atoms with van der Waals surface area (Å²) in [5.41, 5.74) is 6.46. The first-order valence-electron chi connectivity index (χ1n) is 10.3. The Balaban J connectivity index is 1.50. The van der Waals surface area contributed by atoms with Crippen molar-refractivity contribution >= 4 is 23.9 Å². The Morgan fingerprint density at radius 1 is 1.03 bits per heavy atom. The highest BCUT2D eigenvalue weighted by molar-refractivity contribution is 7.99. The van der Waals surface area contributed by atoms with E-state index in [1.54, 1.807) is 13.3 Å². The molecule has 1 amide bonds. The van der Waals surface area contributed by atoms with Crippen LogP contribution in [0.1, 0.15) is 11.1 Å². The summed E-state index contributed by atoms with van der Waals surface area (Å²) in [6.07, 6.45) is 1.62. The lowest BCUT2D eigenvalue weighted by Crippen LogP contribution is -2.20. The topological polar surface area (TPSA) is 81.4 Å². The van der Waals surface area contributed by atoms with E-state index in [0.29, 0.717) is 11.0 Å². The lowest BCUT2D eigenvalue weighted by Gasteiger charge is -2.11. The van der Waals surface area contributed by atoms with Gasteiger partial charge >= 0.3 is 0 Å². The summed E-state index contributed by atoms with van der Waals surface area (Å²) in [5.74, 6) is 1.37. The van der Waals surface area contributed by atoms with Gasteiger partial charge in [0.15, 0.2) is 11.0 Å². The van der Waals surface area contributed by atoms with Crippen LogP contribution in [0.15, 0.2) is 89.1 Å². The molecule has 0 aliphatic heterocycles. The molecular formula is C25H23N5O2S. The van der Waals surface area contributed by atoms with Crippen LogP contribution >= 0.6 is 11.8 Å². The number of aryl methyl sites for hydroxylation is 1. The van der Waals surface area contributed by atoms with E-state index in [0.717, 1.165) is 22.6 Å². The second-order valence-corrected chi connectivity index (χ2v) is 8.14. The van der Waals surface area contributed by atoms with Gasteiger partial charge in [0.05, 0.1) is 19.1 Å². The molecule has 166 valence electrons. The lowest BCUT2D eigenvalue weighted by molar-refractivity contribution is -0.118. The fourth-order valence-electron chi connectivity index (χ4n) is 3.10. The van der Waals surface area contributed by atoms with Crippen LogP contribution in [0.5, 0.6) is 5.75 Å². The average molecular weight is 458 g/mol. The number of amides is 1. The van der Waals surface area contributed by atoms with Crippen molar-refractivity contribution in [3.63, 3.8) is 0 Å². The molecule has 0 aliphatic rings. The van der Waals surface area contributed by atoms with E-state index in [-0.39, 0.29) is 11.7 Å². The summed E-state index contributed by atoms with van der Waals surface area (Å²) < 4.78 is 7.21. The van der Waals surface area contributed by atoms with Crippen LogP contribution in [0.3, 0.4) is 0 Å². The van der Waals surface area contributed by atoms with Gasteiger partial charge in [-0.05, 0) is 36.8 Å². The molecule has 4 rings (SSSR count). The van der Waals surface area contributed by atoms with Gasteiger partial charge in [0.25, 0.3) is 5.91 Å². The number of nitrogens with zero attached hydrogens (tertiary/aromatic N) is 4. The molecule has 7 nitrogen and oxygen atoms in total. The Bertz CT molecular complexity index is 1240. The van der Waals surface area contributed by atoms with E-state index < -0.39 is 0 Å². The van der Waals surface area contributed by atoms with Crippen molar-refractivity contribution in [2.75, 3.05) is 12.9 Å². The first kappa shape index (κ1) is 22.3. The summed E-state index contributed by atoms with van der Waals surface area (Å²) >= 11 is 1.30. The predicted octanol–water partition coefficient (Wildman–Crippen LogP) is 4.49. The zero-order valence-electron chi connectivity index (χ0n) is 18.3. The second-order valence-electron chi connectivity index (χ2n) is 7.20. The van der Waals surface area contributed by atoms with Crippen molar-refractivity contribution in [3.05, 3.63) is 90.0 Å². The number of hydrogen-bond donors (Lipinski definition) is 1. The van der Waals surface area contributed by atoms with Crippen molar-refractivity contribution < 1.29 is 9.53 Å². The summed E-state index contributed by atoms with van der Waals surface area (Å²) in [7, 11) is 1.63. The van der Waals surface area contributed by atoms with Crippen LogP contribution in [-0.4, -0.2) is 39.7 Å². The molecule has 0 fully saturated rings. The highest BCUT2D eigenvalue weighted by atomic mass is 32.2. The summed E-state index contributed by atoms with van der Waals surface area (Å²) in [6, 6.07) is 25.3. The molecule has 0 saturated heterocycles. The van der Waals surface area contributed by atoms with Crippen LogP contribution in [0.4, 0.5) is 0 Å². The quantitative estimate of drug-likeness (QED) is 0.239. The Hall–Kier alpha value is -3.91. The fourth-order valence-corrected chi connectivity index (χ4v) is 3.84. The summed E-state index contributed by atoms with van der Waals surface area (Å²) in [4.78, 5) is 12.3. The molecule has 0 spiro atoms. The number of carbonyl (C=O) groups excluding carboxylic acids is 1. The number of carbonyl (C=O) groups is 1. The fraction of sp³-hybridized carbons (Fsp3) is 0.120. The molecule has 0 unspecified atom stereocenters. The standard InChI is InChI=1S/C25H23N5O2S/c1-18-8-10-19(11-9-18)16-26-27-23(31)17-33-25-29-28-24(20-6-4-3-5-7-20)30(25)21-12-14-22(32-2)15-13-21/h3-16H,17H2,1-2H3,(H,27,31)/b26-16+. The normalized spacial score (nSPS) is 11.0. The number of aromatic nitrogens is 3. The third kappa shape index (κ3) is 5.67. The number of hydrazone groups is 1. The molecular weight excluding hydrogens is 434 g/mol. The first-order valence-corrected chi connectivity index (χ1v) is 11.3. The molecule has 0 radical (unpaired) electrons. The smallest absolute Gasteiger partial charge is 0.250 e. The maximum Gasteiger partial charge on any atom is 0.250 e. The molecule has 1 N–H and O–H groups in total. The lowest BCUT2D eigenvalue weighted by atomic mass is 10.2. The molecule has 0 aliphatic carbocycles. The maximum absolute atomic E-state index is 12.3. The first-order chi connectivity index (χ1) is 16.1. The molecule has 8 heteroatoms. The molecule has 0 atom stereocenters. The molecule has 4 aromatic rings. The van der Waals surface area contributed by atoms with E-state index in [1.165, 1.54) is 17.3 Å². The van der Waals surface area contributed by atoms with Gasteiger partial charge in [-0.3, -0.25) is 9.36 Å². The number of ether oxygens (including phenoxy) is 1. The van der Waals surface area contributed by atoms with Gasteiger partial charge < -0.3 is 4.74 Å². The number of rotatable bonds is 8. The minimum atomic E-state index is -0.228. The van der Waals surface area contributed by atoms with Crippen molar-refractivity contribution in [1.82, 2.24) is 20.2 Å². The molecule has 0 bridgehead atoms. The molecule has 0 saturated carbocycles. The Kier molecular flexibility index (Phi) is 7.16. The third-order valence-corrected chi connectivity index (χ3v) is 5.74. The molecule has 1 aromatic heterocycles. The van der Waals surface area contributed by atoms with Crippen LogP contribution in [0.2, 0.25) is 0 Å².